The van der Waals surface area contributed by atoms with Crippen molar-refractivity contribution in [3.63, 3.8) is 0 Å². The number of hydrogen-bond acceptors (Lipinski definition) is 5. The van der Waals surface area contributed by atoms with Crippen LogP contribution in [0.5, 0.6) is 0 Å². The molecular weight excluding hydrogens is 294 g/mol. The first-order valence-electron chi connectivity index (χ1n) is 6.20. The Labute approximate surface area is 123 Å². The minimum Gasteiger partial charge on any atom is -0.480 e. The summed E-state index contributed by atoms with van der Waals surface area (Å²) in [5.74, 6) is -1.96. The highest BCUT2D eigenvalue weighted by molar-refractivity contribution is 7.16. The number of aliphatic carboxylic acids is 1. The number of carboxylic acids is 1. The first-order valence-corrected chi connectivity index (χ1v) is 7.08. The SMILES string of the molecule is O=C1CN(C(=O)c2ccc3ncsc3c2)C(C(=O)O)CN1. The number of nitrogens with zero attached hydrogens (tertiary/aromatic N) is 2. The number of carboxylic acid groups (broad SMARTS) is 1. The van der Waals surface area contributed by atoms with Crippen molar-refractivity contribution < 1.29 is 19.5 Å². The summed E-state index contributed by atoms with van der Waals surface area (Å²) in [6.45, 7) is -0.334. The Hall–Kier alpha value is -2.48. The van der Waals surface area contributed by atoms with Crippen LogP contribution in [-0.2, 0) is 9.59 Å². The topological polar surface area (TPSA) is 99.6 Å². The van der Waals surface area contributed by atoms with Crippen molar-refractivity contribution in [2.75, 3.05) is 13.1 Å². The predicted molar refractivity (Wildman–Crippen MR) is 75.1 cm³/mol. The minimum absolute atomic E-state index is 0.0806. The molecule has 1 aliphatic heterocycles. The smallest absolute Gasteiger partial charge is 0.328 e. The highest BCUT2D eigenvalue weighted by Crippen LogP contribution is 2.21. The highest BCUT2D eigenvalue weighted by atomic mass is 32.1. The van der Waals surface area contributed by atoms with Gasteiger partial charge in [0.1, 0.15) is 12.6 Å². The lowest BCUT2D eigenvalue weighted by molar-refractivity contribution is -0.144. The lowest BCUT2D eigenvalue weighted by Crippen LogP contribution is -2.59. The number of amides is 2. The maximum atomic E-state index is 12.5. The molecule has 0 saturated carbocycles. The van der Waals surface area contributed by atoms with Gasteiger partial charge >= 0.3 is 5.97 Å². The summed E-state index contributed by atoms with van der Waals surface area (Å²) in [4.78, 5) is 40.4. The molecule has 3 rings (SSSR count). The number of piperazine rings is 1. The Kier molecular flexibility index (Phi) is 3.30. The fraction of sp³-hybridized carbons (Fsp3) is 0.231. The number of thiazole rings is 1. The van der Waals surface area contributed by atoms with Crippen molar-refractivity contribution in [3.05, 3.63) is 29.3 Å². The maximum Gasteiger partial charge on any atom is 0.328 e. The molecule has 21 heavy (non-hydrogen) atoms. The molecular formula is C13H11N3O4S. The van der Waals surface area contributed by atoms with E-state index in [9.17, 15) is 19.5 Å². The van der Waals surface area contributed by atoms with Crippen LogP contribution in [0.4, 0.5) is 0 Å². The van der Waals surface area contributed by atoms with Crippen LogP contribution < -0.4 is 5.32 Å². The second-order valence-corrected chi connectivity index (χ2v) is 5.51. The molecule has 1 atom stereocenters. The van der Waals surface area contributed by atoms with E-state index in [0.717, 1.165) is 15.1 Å². The molecule has 2 aromatic rings. The Bertz CT molecular complexity index is 742. The summed E-state index contributed by atoms with van der Waals surface area (Å²) in [5, 5.41) is 11.6. The molecule has 1 aromatic heterocycles. The molecule has 0 bridgehead atoms. The van der Waals surface area contributed by atoms with E-state index < -0.39 is 17.9 Å². The fourth-order valence-corrected chi connectivity index (χ4v) is 2.95. The highest BCUT2D eigenvalue weighted by Gasteiger charge is 2.35. The van der Waals surface area contributed by atoms with E-state index in [2.05, 4.69) is 10.3 Å². The van der Waals surface area contributed by atoms with Crippen LogP contribution in [0.3, 0.4) is 0 Å². The Morgan fingerprint density at radius 3 is 3.00 bits per heavy atom. The number of benzene rings is 1. The van der Waals surface area contributed by atoms with Crippen LogP contribution >= 0.6 is 11.3 Å². The molecule has 1 saturated heterocycles. The molecule has 2 amide bonds. The van der Waals surface area contributed by atoms with Gasteiger partial charge in [-0.1, -0.05) is 0 Å². The van der Waals surface area contributed by atoms with Crippen LogP contribution in [0.15, 0.2) is 23.7 Å². The Balaban J connectivity index is 1.94. The number of fused-ring (bicyclic) bond motifs is 1. The van der Waals surface area contributed by atoms with Gasteiger partial charge in [0.05, 0.1) is 15.7 Å². The summed E-state index contributed by atoms with van der Waals surface area (Å²) in [6, 6.07) is 3.92. The third-order valence-corrected chi connectivity index (χ3v) is 4.10. The molecule has 2 heterocycles. The molecule has 0 radical (unpaired) electrons. The summed E-state index contributed by atoms with van der Waals surface area (Å²) >= 11 is 1.40. The molecule has 0 aliphatic carbocycles. The van der Waals surface area contributed by atoms with Crippen molar-refractivity contribution in [2.24, 2.45) is 0 Å². The number of nitrogens with one attached hydrogen (secondary N) is 1. The Morgan fingerprint density at radius 2 is 2.24 bits per heavy atom. The standard InChI is InChI=1S/C13H11N3O4S/c17-11-5-16(9(4-14-11)13(19)20)12(18)7-1-2-8-10(3-7)21-6-15-8/h1-3,6,9H,4-5H2,(H,14,17)(H,19,20). The third kappa shape index (κ3) is 2.45. The van der Waals surface area contributed by atoms with Crippen LogP contribution in [0.25, 0.3) is 10.2 Å². The largest absolute Gasteiger partial charge is 0.480 e. The molecule has 1 aromatic carbocycles. The van der Waals surface area contributed by atoms with Crippen molar-refractivity contribution in [1.29, 1.82) is 0 Å². The van der Waals surface area contributed by atoms with E-state index in [-0.39, 0.29) is 19.0 Å². The van der Waals surface area contributed by atoms with Gasteiger partial charge in [-0.2, -0.15) is 0 Å². The van der Waals surface area contributed by atoms with Gasteiger partial charge in [0.25, 0.3) is 5.91 Å². The van der Waals surface area contributed by atoms with Gasteiger partial charge in [-0.3, -0.25) is 9.59 Å². The molecule has 108 valence electrons. The summed E-state index contributed by atoms with van der Waals surface area (Å²) in [5.41, 5.74) is 2.81. The maximum absolute atomic E-state index is 12.5. The van der Waals surface area contributed by atoms with E-state index in [1.165, 1.54) is 11.3 Å². The van der Waals surface area contributed by atoms with E-state index >= 15 is 0 Å². The first-order chi connectivity index (χ1) is 10.1. The number of hydrogen-bond donors (Lipinski definition) is 2. The number of carbonyl (C=O) groups excluding carboxylic acids is 2. The number of aromatic nitrogens is 1. The number of carbonyl (C=O) groups is 3. The average molecular weight is 305 g/mol. The summed E-state index contributed by atoms with van der Waals surface area (Å²) < 4.78 is 0.842. The monoisotopic (exact) mass is 305 g/mol. The normalized spacial score (nSPS) is 18.6. The minimum atomic E-state index is -1.14. The third-order valence-electron chi connectivity index (χ3n) is 3.31. The van der Waals surface area contributed by atoms with Gasteiger partial charge in [0, 0.05) is 12.1 Å². The second-order valence-electron chi connectivity index (χ2n) is 4.63. The molecule has 2 N–H and O–H groups in total. The number of rotatable bonds is 2. The van der Waals surface area contributed by atoms with E-state index in [1.54, 1.807) is 23.7 Å². The zero-order valence-corrected chi connectivity index (χ0v) is 11.6. The molecule has 7 nitrogen and oxygen atoms in total. The van der Waals surface area contributed by atoms with Crippen LogP contribution in [-0.4, -0.2) is 51.9 Å². The zero-order valence-electron chi connectivity index (χ0n) is 10.8. The molecule has 0 spiro atoms. The lowest BCUT2D eigenvalue weighted by Gasteiger charge is -2.32. The molecule has 1 unspecified atom stereocenters. The van der Waals surface area contributed by atoms with Crippen LogP contribution in [0, 0.1) is 0 Å². The van der Waals surface area contributed by atoms with E-state index in [4.69, 9.17) is 0 Å². The van der Waals surface area contributed by atoms with Crippen molar-refractivity contribution in [3.8, 4) is 0 Å². The quantitative estimate of drug-likeness (QED) is 0.832. The predicted octanol–water partition coefficient (Wildman–Crippen LogP) is 0.322. The van der Waals surface area contributed by atoms with Gasteiger partial charge in [-0.25, -0.2) is 9.78 Å². The summed E-state index contributed by atoms with van der Waals surface area (Å²) in [6.07, 6.45) is 0. The Morgan fingerprint density at radius 1 is 1.43 bits per heavy atom. The molecule has 1 fully saturated rings. The fourth-order valence-electron chi connectivity index (χ4n) is 2.23. The van der Waals surface area contributed by atoms with Crippen molar-refractivity contribution >= 4 is 39.3 Å². The molecule has 8 heteroatoms. The van der Waals surface area contributed by atoms with Crippen LogP contribution in [0.1, 0.15) is 10.4 Å². The van der Waals surface area contributed by atoms with E-state index in [1.807, 2.05) is 0 Å². The van der Waals surface area contributed by atoms with Crippen LogP contribution in [0.2, 0.25) is 0 Å². The van der Waals surface area contributed by atoms with Gasteiger partial charge in [0.2, 0.25) is 5.91 Å². The van der Waals surface area contributed by atoms with Crippen molar-refractivity contribution in [1.82, 2.24) is 15.2 Å². The van der Waals surface area contributed by atoms with Crippen molar-refractivity contribution in [2.45, 2.75) is 6.04 Å². The van der Waals surface area contributed by atoms with E-state index in [0.29, 0.717) is 5.56 Å². The van der Waals surface area contributed by atoms with Gasteiger partial charge in [0.15, 0.2) is 0 Å². The second kappa shape index (κ2) is 5.13. The zero-order chi connectivity index (χ0) is 15.0. The average Bonchev–Trinajstić information content (AvgIpc) is 2.93. The van der Waals surface area contributed by atoms with Gasteiger partial charge in [-0.05, 0) is 18.2 Å². The van der Waals surface area contributed by atoms with Gasteiger partial charge in [-0.15, -0.1) is 11.3 Å². The first kappa shape index (κ1) is 13.5. The molecule has 1 aliphatic rings. The van der Waals surface area contributed by atoms with Gasteiger partial charge < -0.3 is 15.3 Å². The lowest BCUT2D eigenvalue weighted by atomic mass is 10.1. The summed E-state index contributed by atoms with van der Waals surface area (Å²) in [7, 11) is 0.